The highest BCUT2D eigenvalue weighted by Gasteiger charge is 2.31. The largest absolute Gasteiger partial charge is 0.532 e. The highest BCUT2D eigenvalue weighted by Crippen LogP contribution is 2.21. The number of carbonyl (C=O) groups is 2. The van der Waals surface area contributed by atoms with Crippen LogP contribution in [0, 0.1) is 0 Å². The van der Waals surface area contributed by atoms with Crippen LogP contribution in [-0.4, -0.2) is 36.8 Å². The van der Waals surface area contributed by atoms with Crippen molar-refractivity contribution < 1.29 is 19.2 Å². The maximum atomic E-state index is 12.3. The van der Waals surface area contributed by atoms with E-state index in [4.69, 9.17) is 0 Å². The number of benzene rings is 1. The van der Waals surface area contributed by atoms with Gasteiger partial charge >= 0.3 is 12.2 Å². The van der Waals surface area contributed by atoms with Gasteiger partial charge in [-0.05, 0) is 26.0 Å². The lowest BCUT2D eigenvalue weighted by atomic mass is 10.0. The lowest BCUT2D eigenvalue weighted by molar-refractivity contribution is 0.0324. The van der Waals surface area contributed by atoms with E-state index < -0.39 is 11.7 Å². The number of amides is 2. The summed E-state index contributed by atoms with van der Waals surface area (Å²) in [5.41, 5.74) is 2.57. The van der Waals surface area contributed by atoms with E-state index in [0.717, 1.165) is 0 Å². The molecule has 0 radical (unpaired) electrons. The van der Waals surface area contributed by atoms with Gasteiger partial charge in [0.15, 0.2) is 0 Å². The molecule has 0 fully saturated rings. The van der Waals surface area contributed by atoms with E-state index >= 15 is 0 Å². The molecule has 2 N–H and O–H groups in total. The molecule has 0 aliphatic carbocycles. The first kappa shape index (κ1) is 17.4. The Kier molecular flexibility index (Phi) is 5.80. The van der Waals surface area contributed by atoms with Crippen LogP contribution in [-0.2, 0) is 9.57 Å². The Bertz CT molecular complexity index is 543. The molecule has 0 atom stereocenters. The monoisotopic (exact) mass is 307 g/mol. The van der Waals surface area contributed by atoms with Crippen LogP contribution in [0.1, 0.15) is 13.8 Å². The molecule has 120 valence electrons. The fourth-order valence-electron chi connectivity index (χ4n) is 1.45. The van der Waals surface area contributed by atoms with Gasteiger partial charge in [0.2, 0.25) is 0 Å². The Hall–Kier alpha value is -2.70. The zero-order valence-corrected chi connectivity index (χ0v) is 13.2. The molecule has 0 spiro atoms. The lowest BCUT2D eigenvalue weighted by Crippen LogP contribution is -2.51. The van der Waals surface area contributed by atoms with Crippen LogP contribution in [0.15, 0.2) is 42.6 Å². The fraction of sp³-hybridized carbons (Fsp3) is 0.333. The van der Waals surface area contributed by atoms with Crippen molar-refractivity contribution in [1.29, 1.82) is 0 Å². The van der Waals surface area contributed by atoms with Crippen molar-refractivity contribution in [3.05, 3.63) is 42.6 Å². The number of urea groups is 1. The molecule has 0 saturated heterocycles. The van der Waals surface area contributed by atoms with Gasteiger partial charge in [0, 0.05) is 12.7 Å². The lowest BCUT2D eigenvalue weighted by Gasteiger charge is -2.36. The average molecular weight is 307 g/mol. The van der Waals surface area contributed by atoms with Gasteiger partial charge in [0.05, 0.1) is 18.3 Å². The summed E-state index contributed by atoms with van der Waals surface area (Å²) in [7, 11) is 2.81. The van der Waals surface area contributed by atoms with Crippen molar-refractivity contribution in [1.82, 2.24) is 10.4 Å². The molecule has 0 heterocycles. The standard InChI is InChI=1S/C15H21N3O4/c1-11(17-22-14(20)21-5)15(2,3)18(4)13(19)16-12-9-7-6-8-10-12/h6-10,17H,1H2,2-5H3,(H,16,19). The van der Waals surface area contributed by atoms with E-state index in [1.54, 1.807) is 33.0 Å². The summed E-state index contributed by atoms with van der Waals surface area (Å²) in [6.45, 7) is 7.29. The Morgan fingerprint density at radius 1 is 1.23 bits per heavy atom. The second kappa shape index (κ2) is 7.35. The number of hydrogen-bond acceptors (Lipinski definition) is 5. The second-order valence-corrected chi connectivity index (χ2v) is 5.05. The van der Waals surface area contributed by atoms with Crippen LogP contribution >= 0.6 is 0 Å². The molecule has 1 rings (SSSR count). The number of hydroxylamine groups is 1. The summed E-state index contributed by atoms with van der Waals surface area (Å²) in [4.78, 5) is 29.3. The number of likely N-dealkylation sites (N-methyl/N-ethyl adjacent to an activating group) is 1. The van der Waals surface area contributed by atoms with Crippen molar-refractivity contribution in [2.45, 2.75) is 19.4 Å². The topological polar surface area (TPSA) is 79.9 Å². The first-order valence-electron chi connectivity index (χ1n) is 6.59. The van der Waals surface area contributed by atoms with Gasteiger partial charge in [-0.1, -0.05) is 24.8 Å². The third kappa shape index (κ3) is 4.41. The average Bonchev–Trinajstić information content (AvgIpc) is 2.52. The predicted octanol–water partition coefficient (Wildman–Crippen LogP) is 2.73. The number of para-hydroxylation sites is 1. The summed E-state index contributed by atoms with van der Waals surface area (Å²) in [6.07, 6.45) is -0.895. The Balaban J connectivity index is 2.68. The molecule has 0 aliphatic heterocycles. The first-order chi connectivity index (χ1) is 10.3. The van der Waals surface area contributed by atoms with E-state index in [2.05, 4.69) is 27.0 Å². The highest BCUT2D eigenvalue weighted by molar-refractivity contribution is 5.89. The maximum absolute atomic E-state index is 12.3. The fourth-order valence-corrected chi connectivity index (χ4v) is 1.45. The quantitative estimate of drug-likeness (QED) is 0.646. The Morgan fingerprint density at radius 3 is 2.36 bits per heavy atom. The van der Waals surface area contributed by atoms with Gasteiger partial charge in [0.25, 0.3) is 0 Å². The van der Waals surface area contributed by atoms with E-state index in [1.807, 2.05) is 18.2 Å². The predicted molar refractivity (Wildman–Crippen MR) is 83.1 cm³/mol. The van der Waals surface area contributed by atoms with E-state index in [0.29, 0.717) is 11.4 Å². The minimum atomic E-state index is -0.895. The van der Waals surface area contributed by atoms with Gasteiger partial charge < -0.3 is 19.8 Å². The van der Waals surface area contributed by atoms with Crippen LogP contribution in [0.3, 0.4) is 0 Å². The number of methoxy groups -OCH3 is 1. The summed E-state index contributed by atoms with van der Waals surface area (Å²) in [6, 6.07) is 8.76. The number of ether oxygens (including phenoxy) is 1. The summed E-state index contributed by atoms with van der Waals surface area (Å²) >= 11 is 0. The van der Waals surface area contributed by atoms with Crippen molar-refractivity contribution in [2.75, 3.05) is 19.5 Å². The number of carbonyl (C=O) groups excluding carboxylic acids is 2. The molecule has 0 bridgehead atoms. The third-order valence-corrected chi connectivity index (χ3v) is 3.33. The van der Waals surface area contributed by atoms with E-state index in [-0.39, 0.29) is 6.03 Å². The molecular formula is C15H21N3O4. The molecule has 2 amide bonds. The van der Waals surface area contributed by atoms with Gasteiger partial charge in [-0.2, -0.15) is 0 Å². The SMILES string of the molecule is C=C(NOC(=O)OC)C(C)(C)N(C)C(=O)Nc1ccccc1. The van der Waals surface area contributed by atoms with Gasteiger partial charge in [0.1, 0.15) is 0 Å². The highest BCUT2D eigenvalue weighted by atomic mass is 16.8. The minimum Gasteiger partial charge on any atom is -0.436 e. The number of nitrogens with zero attached hydrogens (tertiary/aromatic N) is 1. The molecular weight excluding hydrogens is 286 g/mol. The molecule has 0 unspecified atom stereocenters. The zero-order valence-electron chi connectivity index (χ0n) is 13.2. The molecule has 22 heavy (non-hydrogen) atoms. The van der Waals surface area contributed by atoms with Crippen LogP contribution in [0.5, 0.6) is 0 Å². The molecule has 1 aromatic rings. The van der Waals surface area contributed by atoms with Crippen LogP contribution in [0.4, 0.5) is 15.3 Å². The number of rotatable bonds is 5. The molecule has 7 nitrogen and oxygen atoms in total. The smallest absolute Gasteiger partial charge is 0.436 e. The second-order valence-electron chi connectivity index (χ2n) is 5.05. The molecule has 0 saturated carbocycles. The maximum Gasteiger partial charge on any atom is 0.532 e. The molecule has 0 aromatic heterocycles. The molecule has 0 aliphatic rings. The van der Waals surface area contributed by atoms with Crippen molar-refractivity contribution in [3.63, 3.8) is 0 Å². The van der Waals surface area contributed by atoms with Crippen LogP contribution < -0.4 is 10.8 Å². The number of hydrogen-bond donors (Lipinski definition) is 2. The summed E-state index contributed by atoms with van der Waals surface area (Å²) < 4.78 is 4.34. The number of anilines is 1. The van der Waals surface area contributed by atoms with Crippen molar-refractivity contribution >= 4 is 17.9 Å². The molecule has 7 heteroatoms. The number of nitrogens with one attached hydrogen (secondary N) is 2. The first-order valence-corrected chi connectivity index (χ1v) is 6.59. The summed E-state index contributed by atoms with van der Waals surface area (Å²) in [5.74, 6) is 0. The third-order valence-electron chi connectivity index (χ3n) is 3.33. The minimum absolute atomic E-state index is 0.322. The normalized spacial score (nSPS) is 10.4. The zero-order chi connectivity index (χ0) is 16.8. The summed E-state index contributed by atoms with van der Waals surface area (Å²) in [5, 5.41) is 2.76. The van der Waals surface area contributed by atoms with Gasteiger partial charge in [-0.25, -0.2) is 15.1 Å². The van der Waals surface area contributed by atoms with E-state index in [9.17, 15) is 9.59 Å². The van der Waals surface area contributed by atoms with Crippen LogP contribution in [0.25, 0.3) is 0 Å². The van der Waals surface area contributed by atoms with E-state index in [1.165, 1.54) is 12.0 Å². The Labute approximate surface area is 129 Å². The van der Waals surface area contributed by atoms with Crippen molar-refractivity contribution in [3.8, 4) is 0 Å². The van der Waals surface area contributed by atoms with Crippen LogP contribution in [0.2, 0.25) is 0 Å². The van der Waals surface area contributed by atoms with Crippen molar-refractivity contribution in [2.24, 2.45) is 0 Å². The molecule has 1 aromatic carbocycles. The Morgan fingerprint density at radius 2 is 1.82 bits per heavy atom. The van der Waals surface area contributed by atoms with Gasteiger partial charge in [-0.15, -0.1) is 0 Å². The van der Waals surface area contributed by atoms with Gasteiger partial charge in [-0.3, -0.25) is 0 Å².